The first-order chi connectivity index (χ1) is 10.1. The van der Waals surface area contributed by atoms with Crippen molar-refractivity contribution in [3.63, 3.8) is 0 Å². The van der Waals surface area contributed by atoms with Crippen molar-refractivity contribution in [2.24, 2.45) is 0 Å². The Hall–Kier alpha value is -1.72. The highest BCUT2D eigenvalue weighted by atomic mass is 32.2. The highest BCUT2D eigenvalue weighted by Crippen LogP contribution is 2.33. The van der Waals surface area contributed by atoms with E-state index in [1.54, 1.807) is 18.3 Å². The van der Waals surface area contributed by atoms with Crippen LogP contribution >= 0.6 is 0 Å². The van der Waals surface area contributed by atoms with Gasteiger partial charge in [0.2, 0.25) is 0 Å². The molecule has 0 saturated carbocycles. The fourth-order valence-electron chi connectivity index (χ4n) is 2.78. The SMILES string of the molecule is C[C@@H](NC1CCS(=O)(=O)c2ccccc21)c1ccccn1. The van der Waals surface area contributed by atoms with Crippen LogP contribution in [0.15, 0.2) is 53.6 Å². The Bertz CT molecular complexity index is 729. The molecule has 1 N–H and O–H groups in total. The number of sulfone groups is 1. The van der Waals surface area contributed by atoms with E-state index in [0.717, 1.165) is 11.3 Å². The van der Waals surface area contributed by atoms with Gasteiger partial charge < -0.3 is 5.32 Å². The van der Waals surface area contributed by atoms with E-state index in [2.05, 4.69) is 10.3 Å². The maximum absolute atomic E-state index is 12.1. The average Bonchev–Trinajstić information content (AvgIpc) is 2.51. The summed E-state index contributed by atoms with van der Waals surface area (Å²) in [6, 6.07) is 13.2. The number of hydrogen-bond donors (Lipinski definition) is 1. The number of aromatic nitrogens is 1. The van der Waals surface area contributed by atoms with Crippen LogP contribution in [0.3, 0.4) is 0 Å². The number of pyridine rings is 1. The van der Waals surface area contributed by atoms with Crippen LogP contribution in [0.4, 0.5) is 0 Å². The molecule has 2 heterocycles. The number of hydrogen-bond acceptors (Lipinski definition) is 4. The summed E-state index contributed by atoms with van der Waals surface area (Å²) in [7, 11) is -3.13. The lowest BCUT2D eigenvalue weighted by molar-refractivity contribution is 0.436. The minimum absolute atomic E-state index is 0.0433. The fourth-order valence-corrected chi connectivity index (χ4v) is 4.40. The summed E-state index contributed by atoms with van der Waals surface area (Å²) in [5.41, 5.74) is 1.83. The van der Waals surface area contributed by atoms with E-state index in [-0.39, 0.29) is 17.8 Å². The van der Waals surface area contributed by atoms with Crippen molar-refractivity contribution in [1.82, 2.24) is 10.3 Å². The van der Waals surface area contributed by atoms with Gasteiger partial charge in [-0.15, -0.1) is 0 Å². The third-order valence-corrected chi connectivity index (χ3v) is 5.70. The Labute approximate surface area is 125 Å². The summed E-state index contributed by atoms with van der Waals surface area (Å²) in [4.78, 5) is 4.81. The fraction of sp³-hybridized carbons (Fsp3) is 0.312. The average molecular weight is 302 g/mol. The molecule has 1 unspecified atom stereocenters. The van der Waals surface area contributed by atoms with E-state index < -0.39 is 9.84 Å². The molecule has 0 fully saturated rings. The molecule has 5 heteroatoms. The van der Waals surface area contributed by atoms with Crippen molar-refractivity contribution < 1.29 is 8.42 Å². The van der Waals surface area contributed by atoms with Crippen molar-refractivity contribution in [3.8, 4) is 0 Å². The Morgan fingerprint density at radius 3 is 2.71 bits per heavy atom. The minimum Gasteiger partial charge on any atom is -0.302 e. The summed E-state index contributed by atoms with van der Waals surface area (Å²) in [6.45, 7) is 2.05. The lowest BCUT2D eigenvalue weighted by Gasteiger charge is -2.28. The highest BCUT2D eigenvalue weighted by Gasteiger charge is 2.30. The van der Waals surface area contributed by atoms with Crippen molar-refractivity contribution >= 4 is 9.84 Å². The lowest BCUT2D eigenvalue weighted by Crippen LogP contribution is -2.31. The number of nitrogens with zero attached hydrogens (tertiary/aromatic N) is 1. The molecule has 0 radical (unpaired) electrons. The predicted molar refractivity (Wildman–Crippen MR) is 81.6 cm³/mol. The Kier molecular flexibility index (Phi) is 3.78. The molecule has 0 bridgehead atoms. The zero-order valence-corrected chi connectivity index (χ0v) is 12.7. The standard InChI is InChI=1S/C16H18N2O2S/c1-12(14-7-4-5-10-17-14)18-15-9-11-21(19,20)16-8-3-2-6-13(15)16/h2-8,10,12,15,18H,9,11H2,1H3/t12-,15?/m1/s1. The van der Waals surface area contributed by atoms with E-state index in [4.69, 9.17) is 0 Å². The van der Waals surface area contributed by atoms with Gasteiger partial charge in [-0.2, -0.15) is 0 Å². The Morgan fingerprint density at radius 2 is 1.95 bits per heavy atom. The third-order valence-electron chi connectivity index (χ3n) is 3.89. The maximum atomic E-state index is 12.1. The number of benzene rings is 1. The second-order valence-corrected chi connectivity index (χ2v) is 7.42. The summed E-state index contributed by atoms with van der Waals surface area (Å²) >= 11 is 0. The minimum atomic E-state index is -3.13. The normalized spacial score (nSPS) is 21.5. The van der Waals surface area contributed by atoms with Crippen LogP contribution < -0.4 is 5.32 Å². The smallest absolute Gasteiger partial charge is 0.178 e. The molecule has 2 atom stereocenters. The summed E-state index contributed by atoms with van der Waals surface area (Å²) < 4.78 is 24.3. The zero-order chi connectivity index (χ0) is 14.9. The first-order valence-electron chi connectivity index (χ1n) is 7.06. The Morgan fingerprint density at radius 1 is 1.19 bits per heavy atom. The summed E-state index contributed by atoms with van der Waals surface area (Å²) in [6.07, 6.45) is 2.36. The molecule has 1 aliphatic rings. The summed E-state index contributed by atoms with van der Waals surface area (Å²) in [5, 5.41) is 3.50. The number of nitrogens with one attached hydrogen (secondary N) is 1. The third kappa shape index (κ3) is 2.84. The molecule has 0 aliphatic carbocycles. The van der Waals surface area contributed by atoms with Gasteiger partial charge in [-0.25, -0.2) is 8.42 Å². The molecule has 1 aromatic carbocycles. The van der Waals surface area contributed by atoms with Crippen LogP contribution in [0.1, 0.15) is 36.7 Å². The molecular weight excluding hydrogens is 284 g/mol. The van der Waals surface area contributed by atoms with Gasteiger partial charge >= 0.3 is 0 Å². The second kappa shape index (κ2) is 5.58. The highest BCUT2D eigenvalue weighted by molar-refractivity contribution is 7.91. The maximum Gasteiger partial charge on any atom is 0.178 e. The zero-order valence-electron chi connectivity index (χ0n) is 11.9. The first kappa shape index (κ1) is 14.2. The number of rotatable bonds is 3. The van der Waals surface area contributed by atoms with Gasteiger partial charge in [0.15, 0.2) is 9.84 Å². The molecule has 0 saturated heterocycles. The van der Waals surface area contributed by atoms with E-state index in [1.165, 1.54) is 0 Å². The van der Waals surface area contributed by atoms with Crippen LogP contribution in [0.25, 0.3) is 0 Å². The molecular formula is C16H18N2O2S. The predicted octanol–water partition coefficient (Wildman–Crippen LogP) is 2.65. The van der Waals surface area contributed by atoms with E-state index in [9.17, 15) is 8.42 Å². The van der Waals surface area contributed by atoms with Crippen molar-refractivity contribution in [1.29, 1.82) is 0 Å². The Balaban J connectivity index is 1.88. The molecule has 110 valence electrons. The van der Waals surface area contributed by atoms with Crippen LogP contribution in [0.2, 0.25) is 0 Å². The van der Waals surface area contributed by atoms with Crippen molar-refractivity contribution in [3.05, 3.63) is 59.9 Å². The molecule has 4 nitrogen and oxygen atoms in total. The molecule has 1 aromatic heterocycles. The van der Waals surface area contributed by atoms with E-state index in [0.29, 0.717) is 11.3 Å². The molecule has 0 spiro atoms. The van der Waals surface area contributed by atoms with Gasteiger partial charge in [0.05, 0.1) is 16.3 Å². The van der Waals surface area contributed by atoms with Crippen LogP contribution in [-0.2, 0) is 9.84 Å². The van der Waals surface area contributed by atoms with Crippen molar-refractivity contribution in [2.75, 3.05) is 5.75 Å². The van der Waals surface area contributed by atoms with Crippen LogP contribution in [-0.4, -0.2) is 19.2 Å². The quantitative estimate of drug-likeness (QED) is 0.947. The number of fused-ring (bicyclic) bond motifs is 1. The van der Waals surface area contributed by atoms with E-state index in [1.807, 2.05) is 37.3 Å². The first-order valence-corrected chi connectivity index (χ1v) is 8.72. The topological polar surface area (TPSA) is 59.1 Å². The van der Waals surface area contributed by atoms with Gasteiger partial charge in [0, 0.05) is 18.3 Å². The van der Waals surface area contributed by atoms with Gasteiger partial charge in [0.25, 0.3) is 0 Å². The van der Waals surface area contributed by atoms with E-state index >= 15 is 0 Å². The van der Waals surface area contributed by atoms with Gasteiger partial charge in [-0.05, 0) is 37.1 Å². The molecule has 2 aromatic rings. The largest absolute Gasteiger partial charge is 0.302 e. The monoisotopic (exact) mass is 302 g/mol. The van der Waals surface area contributed by atoms with Crippen LogP contribution in [0, 0.1) is 0 Å². The molecule has 0 amide bonds. The molecule has 1 aliphatic heterocycles. The summed E-state index contributed by atoms with van der Waals surface area (Å²) in [5.74, 6) is 0.191. The van der Waals surface area contributed by atoms with Gasteiger partial charge in [-0.3, -0.25) is 4.98 Å². The molecule has 3 rings (SSSR count). The van der Waals surface area contributed by atoms with Gasteiger partial charge in [0.1, 0.15) is 0 Å². The van der Waals surface area contributed by atoms with Crippen molar-refractivity contribution in [2.45, 2.75) is 30.3 Å². The van der Waals surface area contributed by atoms with Crippen LogP contribution in [0.5, 0.6) is 0 Å². The lowest BCUT2D eigenvalue weighted by atomic mass is 10.0. The van der Waals surface area contributed by atoms with Gasteiger partial charge in [-0.1, -0.05) is 24.3 Å². The molecule has 21 heavy (non-hydrogen) atoms. The second-order valence-electron chi connectivity index (χ2n) is 5.34.